The summed E-state index contributed by atoms with van der Waals surface area (Å²) in [6, 6.07) is 1.60. The van der Waals surface area contributed by atoms with Crippen molar-refractivity contribution >= 4 is 28.3 Å². The van der Waals surface area contributed by atoms with E-state index in [2.05, 4.69) is 4.98 Å². The van der Waals surface area contributed by atoms with Gasteiger partial charge in [0.15, 0.2) is 0 Å². The fourth-order valence-corrected chi connectivity index (χ4v) is 1.00. The molecule has 0 bridgehead atoms. The van der Waals surface area contributed by atoms with Gasteiger partial charge in [-0.05, 0) is 28.7 Å². The third-order valence-corrected chi connectivity index (χ3v) is 1.86. The van der Waals surface area contributed by atoms with E-state index < -0.39 is 4.92 Å². The average Bonchev–Trinajstić information content (AvgIpc) is 1.88. The van der Waals surface area contributed by atoms with Crippen molar-refractivity contribution in [3.8, 4) is 0 Å². The third kappa shape index (κ3) is 1.41. The van der Waals surface area contributed by atoms with Crippen LogP contribution in [-0.4, -0.2) is 9.91 Å². The van der Waals surface area contributed by atoms with Gasteiger partial charge < -0.3 is 0 Å². The van der Waals surface area contributed by atoms with Crippen molar-refractivity contribution in [3.05, 3.63) is 32.1 Å². The molecule has 5 heteroatoms. The van der Waals surface area contributed by atoms with E-state index in [-0.39, 0.29) is 5.69 Å². The molecule has 0 atom stereocenters. The highest BCUT2D eigenvalue weighted by atomic mass is 127. The van der Waals surface area contributed by atoms with E-state index in [1.165, 1.54) is 12.4 Å². The summed E-state index contributed by atoms with van der Waals surface area (Å²) in [5, 5.41) is 10.2. The summed E-state index contributed by atoms with van der Waals surface area (Å²) in [6.45, 7) is 0. The van der Waals surface area contributed by atoms with Gasteiger partial charge in [0.2, 0.25) is 0 Å². The van der Waals surface area contributed by atoms with Crippen LogP contribution in [0.1, 0.15) is 0 Å². The monoisotopic (exact) mass is 250 g/mol. The predicted octanol–water partition coefficient (Wildman–Crippen LogP) is 1.59. The maximum Gasteiger partial charge on any atom is 0.300 e. The zero-order valence-electron chi connectivity index (χ0n) is 4.82. The summed E-state index contributed by atoms with van der Waals surface area (Å²) < 4.78 is 0.609. The summed E-state index contributed by atoms with van der Waals surface area (Å²) in [6.07, 6.45) is 2.76. The van der Waals surface area contributed by atoms with E-state index in [0.717, 1.165) is 0 Å². The van der Waals surface area contributed by atoms with Gasteiger partial charge >= 0.3 is 5.69 Å². The second-order valence-corrected chi connectivity index (χ2v) is 2.75. The van der Waals surface area contributed by atoms with Crippen LogP contribution in [0.4, 0.5) is 5.69 Å². The topological polar surface area (TPSA) is 56.0 Å². The molecule has 0 aliphatic carbocycles. The fourth-order valence-electron chi connectivity index (χ4n) is 0.504. The molecular formula is C5H3IN2O2. The molecular weight excluding hydrogens is 247 g/mol. The largest absolute Gasteiger partial charge is 0.300 e. The summed E-state index contributed by atoms with van der Waals surface area (Å²) >= 11 is 1.89. The minimum Gasteiger partial charge on any atom is -0.258 e. The van der Waals surface area contributed by atoms with Gasteiger partial charge in [-0.1, -0.05) is 0 Å². The minimum absolute atomic E-state index is 0.0584. The first kappa shape index (κ1) is 7.39. The number of halogens is 1. The molecule has 1 rings (SSSR count). The SMILES string of the molecule is O=[N+]([O-])c1cnccc1I. The molecule has 0 fully saturated rings. The fraction of sp³-hybridized carbons (Fsp3) is 0. The molecule has 52 valence electrons. The van der Waals surface area contributed by atoms with Gasteiger partial charge in [0.05, 0.1) is 8.49 Å². The quantitative estimate of drug-likeness (QED) is 0.432. The van der Waals surface area contributed by atoms with Crippen LogP contribution < -0.4 is 0 Å². The van der Waals surface area contributed by atoms with Crippen molar-refractivity contribution < 1.29 is 4.92 Å². The van der Waals surface area contributed by atoms with Crippen molar-refractivity contribution in [2.24, 2.45) is 0 Å². The summed E-state index contributed by atoms with van der Waals surface area (Å²) in [5.41, 5.74) is 0.0584. The summed E-state index contributed by atoms with van der Waals surface area (Å²) in [7, 11) is 0. The predicted molar refractivity (Wildman–Crippen MR) is 43.6 cm³/mol. The highest BCUT2D eigenvalue weighted by Crippen LogP contribution is 2.17. The molecule has 0 radical (unpaired) electrons. The first-order valence-corrected chi connectivity index (χ1v) is 3.53. The zero-order valence-corrected chi connectivity index (χ0v) is 6.98. The molecule has 4 nitrogen and oxygen atoms in total. The molecule has 0 saturated carbocycles. The van der Waals surface area contributed by atoms with Crippen LogP contribution in [0.2, 0.25) is 0 Å². The van der Waals surface area contributed by atoms with Crippen LogP contribution in [0.25, 0.3) is 0 Å². The van der Waals surface area contributed by atoms with Crippen molar-refractivity contribution in [2.45, 2.75) is 0 Å². The maximum absolute atomic E-state index is 10.2. The lowest BCUT2D eigenvalue weighted by molar-refractivity contribution is -0.386. The third-order valence-electron chi connectivity index (χ3n) is 0.945. The molecule has 0 aliphatic rings. The molecule has 1 aromatic rings. The molecule has 0 spiro atoms. The number of nitrogens with zero attached hydrogens (tertiary/aromatic N) is 2. The highest BCUT2D eigenvalue weighted by molar-refractivity contribution is 14.1. The van der Waals surface area contributed by atoms with Crippen LogP contribution in [0.3, 0.4) is 0 Å². The Morgan fingerprint density at radius 1 is 1.70 bits per heavy atom. The maximum atomic E-state index is 10.2. The van der Waals surface area contributed by atoms with E-state index in [4.69, 9.17) is 0 Å². The van der Waals surface area contributed by atoms with E-state index in [9.17, 15) is 10.1 Å². The number of aromatic nitrogens is 1. The summed E-state index contributed by atoms with van der Waals surface area (Å²) in [5.74, 6) is 0. The Hall–Kier alpha value is -0.720. The molecule has 0 N–H and O–H groups in total. The lowest BCUT2D eigenvalue weighted by Gasteiger charge is -1.90. The van der Waals surface area contributed by atoms with Crippen LogP contribution in [0, 0.1) is 13.7 Å². The molecule has 0 saturated heterocycles. The van der Waals surface area contributed by atoms with Gasteiger partial charge in [0.1, 0.15) is 6.20 Å². The first-order chi connectivity index (χ1) is 4.72. The van der Waals surface area contributed by atoms with E-state index in [1.807, 2.05) is 22.6 Å². The van der Waals surface area contributed by atoms with Gasteiger partial charge in [-0.3, -0.25) is 15.1 Å². The summed E-state index contributed by atoms with van der Waals surface area (Å²) in [4.78, 5) is 13.4. The Kier molecular flexibility index (Phi) is 2.15. The number of pyridine rings is 1. The first-order valence-electron chi connectivity index (χ1n) is 2.45. The second-order valence-electron chi connectivity index (χ2n) is 1.58. The average molecular weight is 250 g/mol. The Bertz CT molecular complexity index is 264. The molecule has 0 aliphatic heterocycles. The second kappa shape index (κ2) is 2.91. The van der Waals surface area contributed by atoms with Gasteiger partial charge in [0.25, 0.3) is 0 Å². The Labute approximate surface area is 70.6 Å². The molecule has 1 heterocycles. The van der Waals surface area contributed by atoms with Gasteiger partial charge in [0, 0.05) is 6.20 Å². The Morgan fingerprint density at radius 2 is 2.40 bits per heavy atom. The van der Waals surface area contributed by atoms with Crippen molar-refractivity contribution in [1.29, 1.82) is 0 Å². The van der Waals surface area contributed by atoms with Crippen LogP contribution in [0.5, 0.6) is 0 Å². The molecule has 1 aromatic heterocycles. The minimum atomic E-state index is -0.450. The zero-order chi connectivity index (χ0) is 7.56. The molecule has 0 amide bonds. The number of nitro groups is 1. The van der Waals surface area contributed by atoms with Gasteiger partial charge in [-0.2, -0.15) is 0 Å². The lowest BCUT2D eigenvalue weighted by atomic mass is 10.4. The van der Waals surface area contributed by atoms with Crippen LogP contribution in [-0.2, 0) is 0 Å². The molecule has 10 heavy (non-hydrogen) atoms. The Morgan fingerprint density at radius 3 is 2.80 bits per heavy atom. The van der Waals surface area contributed by atoms with Crippen molar-refractivity contribution in [1.82, 2.24) is 4.98 Å². The van der Waals surface area contributed by atoms with E-state index in [1.54, 1.807) is 6.07 Å². The van der Waals surface area contributed by atoms with E-state index >= 15 is 0 Å². The van der Waals surface area contributed by atoms with E-state index in [0.29, 0.717) is 3.57 Å². The Balaban J connectivity index is 3.15. The number of hydrogen-bond donors (Lipinski definition) is 0. The smallest absolute Gasteiger partial charge is 0.258 e. The van der Waals surface area contributed by atoms with Crippen molar-refractivity contribution in [3.63, 3.8) is 0 Å². The lowest BCUT2D eigenvalue weighted by Crippen LogP contribution is -1.91. The molecule has 0 unspecified atom stereocenters. The van der Waals surface area contributed by atoms with Gasteiger partial charge in [-0.15, -0.1) is 0 Å². The standard InChI is InChI=1S/C5H3IN2O2/c6-4-1-2-7-3-5(4)8(9)10/h1-3H. The van der Waals surface area contributed by atoms with Crippen molar-refractivity contribution in [2.75, 3.05) is 0 Å². The van der Waals surface area contributed by atoms with Crippen LogP contribution >= 0.6 is 22.6 Å². The van der Waals surface area contributed by atoms with Crippen LogP contribution in [0.15, 0.2) is 18.5 Å². The number of hydrogen-bond acceptors (Lipinski definition) is 3. The highest BCUT2D eigenvalue weighted by Gasteiger charge is 2.08. The number of rotatable bonds is 1. The normalized spacial score (nSPS) is 9.30. The van der Waals surface area contributed by atoms with Gasteiger partial charge in [-0.25, -0.2) is 0 Å². The molecule has 0 aromatic carbocycles.